The first-order valence-electron chi connectivity index (χ1n) is 8.23. The summed E-state index contributed by atoms with van der Waals surface area (Å²) in [7, 11) is 0. The van der Waals surface area contributed by atoms with E-state index in [4.69, 9.17) is 0 Å². The van der Waals surface area contributed by atoms with E-state index >= 15 is 0 Å². The smallest absolute Gasteiger partial charge is 0.253 e. The zero-order valence-corrected chi connectivity index (χ0v) is 15.5. The molecule has 6 heteroatoms. The van der Waals surface area contributed by atoms with Crippen molar-refractivity contribution in [3.63, 3.8) is 0 Å². The van der Waals surface area contributed by atoms with Crippen LogP contribution in [0.4, 0.5) is 0 Å². The van der Waals surface area contributed by atoms with Crippen LogP contribution in [0.1, 0.15) is 17.0 Å². The molecule has 0 unspecified atom stereocenters. The normalized spacial score (nSPS) is 19.8. The number of nitrogens with one attached hydrogen (secondary N) is 2. The van der Waals surface area contributed by atoms with Gasteiger partial charge in [0, 0.05) is 23.1 Å². The van der Waals surface area contributed by atoms with Gasteiger partial charge in [-0.3, -0.25) is 9.59 Å². The fourth-order valence-electron chi connectivity index (χ4n) is 2.87. The van der Waals surface area contributed by atoms with Gasteiger partial charge < -0.3 is 5.32 Å². The molecular formula is C20H18BrN3O2. The minimum absolute atomic E-state index is 0.183. The van der Waals surface area contributed by atoms with E-state index < -0.39 is 11.8 Å². The van der Waals surface area contributed by atoms with E-state index in [0.29, 0.717) is 6.54 Å². The minimum Gasteiger partial charge on any atom is -0.355 e. The van der Waals surface area contributed by atoms with Crippen LogP contribution in [0.25, 0.3) is 6.08 Å². The number of benzene rings is 2. The van der Waals surface area contributed by atoms with Crippen LogP contribution in [0.15, 0.2) is 70.2 Å². The fraction of sp³-hybridized carbons (Fsp3) is 0.150. The molecule has 2 aromatic carbocycles. The van der Waals surface area contributed by atoms with Crippen LogP contribution < -0.4 is 10.7 Å². The van der Waals surface area contributed by atoms with Crippen molar-refractivity contribution in [3.8, 4) is 0 Å². The van der Waals surface area contributed by atoms with Crippen molar-refractivity contribution >= 4 is 40.0 Å². The Labute approximate surface area is 160 Å². The highest BCUT2D eigenvalue weighted by Crippen LogP contribution is 2.28. The third-order valence-electron chi connectivity index (χ3n) is 4.19. The van der Waals surface area contributed by atoms with Crippen molar-refractivity contribution in [1.82, 2.24) is 10.7 Å². The Morgan fingerprint density at radius 2 is 1.88 bits per heavy atom. The first kappa shape index (κ1) is 18.1. The molecule has 1 aliphatic rings. The molecule has 1 saturated heterocycles. The number of hydrazone groups is 1. The van der Waals surface area contributed by atoms with Gasteiger partial charge in [0.1, 0.15) is 5.92 Å². The summed E-state index contributed by atoms with van der Waals surface area (Å²) in [5.74, 6) is -1.62. The zero-order valence-electron chi connectivity index (χ0n) is 13.9. The quantitative estimate of drug-likeness (QED) is 0.450. The first-order chi connectivity index (χ1) is 12.6. The van der Waals surface area contributed by atoms with Crippen molar-refractivity contribution in [2.75, 3.05) is 6.54 Å². The minimum atomic E-state index is -0.773. The lowest BCUT2D eigenvalue weighted by Gasteiger charge is -2.15. The summed E-state index contributed by atoms with van der Waals surface area (Å²) < 4.78 is 1.01. The summed E-state index contributed by atoms with van der Waals surface area (Å²) in [6.45, 7) is 0.452. The van der Waals surface area contributed by atoms with Crippen molar-refractivity contribution in [2.45, 2.75) is 5.92 Å². The summed E-state index contributed by atoms with van der Waals surface area (Å²) in [6.07, 6.45) is 5.09. The average molecular weight is 412 g/mol. The molecule has 0 aliphatic carbocycles. The highest BCUT2D eigenvalue weighted by atomic mass is 79.9. The second-order valence-corrected chi connectivity index (χ2v) is 6.82. The van der Waals surface area contributed by atoms with E-state index in [9.17, 15) is 9.59 Å². The van der Waals surface area contributed by atoms with Gasteiger partial charge in [0.25, 0.3) is 5.91 Å². The van der Waals surface area contributed by atoms with Gasteiger partial charge in [-0.15, -0.1) is 0 Å². The second kappa shape index (κ2) is 8.58. The van der Waals surface area contributed by atoms with Crippen LogP contribution >= 0.6 is 15.9 Å². The Kier molecular flexibility index (Phi) is 5.96. The van der Waals surface area contributed by atoms with E-state index in [1.807, 2.05) is 60.7 Å². The molecule has 1 fully saturated rings. The van der Waals surface area contributed by atoms with Gasteiger partial charge >= 0.3 is 0 Å². The number of hydrogen-bond acceptors (Lipinski definition) is 3. The molecule has 1 heterocycles. The molecule has 0 saturated carbocycles. The molecule has 5 nitrogen and oxygen atoms in total. The van der Waals surface area contributed by atoms with E-state index in [1.165, 1.54) is 6.21 Å². The maximum Gasteiger partial charge on any atom is 0.253 e. The summed E-state index contributed by atoms with van der Waals surface area (Å²) in [4.78, 5) is 24.5. The Morgan fingerprint density at radius 1 is 1.15 bits per heavy atom. The van der Waals surface area contributed by atoms with Crippen molar-refractivity contribution in [3.05, 3.63) is 76.3 Å². The Bertz CT molecular complexity index is 832. The molecule has 0 aromatic heterocycles. The number of carbonyl (C=O) groups is 2. The summed E-state index contributed by atoms with van der Waals surface area (Å²) >= 11 is 3.38. The molecule has 0 bridgehead atoms. The molecule has 26 heavy (non-hydrogen) atoms. The predicted molar refractivity (Wildman–Crippen MR) is 105 cm³/mol. The standard InChI is InChI=1S/C20H18BrN3O2/c21-16-10-8-14(9-11-16)5-4-12-23-24-20(26)18-17(13-22-19(18)25)15-6-2-1-3-7-15/h1-12,17-18H,13H2,(H,22,25)(H,24,26)/b5-4+,23-12+/t17-,18+/m1/s1. The van der Waals surface area contributed by atoms with Gasteiger partial charge in [-0.05, 0) is 29.3 Å². The molecule has 3 rings (SSSR count). The van der Waals surface area contributed by atoms with E-state index in [1.54, 1.807) is 6.08 Å². The fourth-order valence-corrected chi connectivity index (χ4v) is 3.14. The average Bonchev–Trinajstić information content (AvgIpc) is 3.05. The van der Waals surface area contributed by atoms with Gasteiger partial charge in [-0.1, -0.05) is 64.5 Å². The van der Waals surface area contributed by atoms with Crippen molar-refractivity contribution in [2.24, 2.45) is 11.0 Å². The van der Waals surface area contributed by atoms with Crippen LogP contribution in [0.5, 0.6) is 0 Å². The molecule has 2 N–H and O–H groups in total. The Hall–Kier alpha value is -2.73. The predicted octanol–water partition coefficient (Wildman–Crippen LogP) is 3.09. The lowest BCUT2D eigenvalue weighted by molar-refractivity contribution is -0.133. The van der Waals surface area contributed by atoms with Gasteiger partial charge in [0.2, 0.25) is 5.91 Å². The maximum atomic E-state index is 12.4. The van der Waals surface area contributed by atoms with Gasteiger partial charge in [-0.2, -0.15) is 5.10 Å². The van der Waals surface area contributed by atoms with E-state index in [-0.39, 0.29) is 11.8 Å². The number of carbonyl (C=O) groups excluding carboxylic acids is 2. The molecule has 2 amide bonds. The lowest BCUT2D eigenvalue weighted by atomic mass is 9.88. The van der Waals surface area contributed by atoms with Crippen molar-refractivity contribution in [1.29, 1.82) is 0 Å². The van der Waals surface area contributed by atoms with Crippen LogP contribution in [0.3, 0.4) is 0 Å². The molecule has 0 radical (unpaired) electrons. The topological polar surface area (TPSA) is 70.6 Å². The summed E-state index contributed by atoms with van der Waals surface area (Å²) in [5, 5.41) is 6.67. The number of halogens is 1. The van der Waals surface area contributed by atoms with E-state index in [2.05, 4.69) is 31.8 Å². The monoisotopic (exact) mass is 411 g/mol. The molecule has 1 aliphatic heterocycles. The molecule has 132 valence electrons. The molecule has 0 spiro atoms. The largest absolute Gasteiger partial charge is 0.355 e. The number of rotatable bonds is 5. The number of nitrogens with zero attached hydrogens (tertiary/aromatic N) is 1. The Morgan fingerprint density at radius 3 is 2.62 bits per heavy atom. The van der Waals surface area contributed by atoms with Crippen LogP contribution in [0, 0.1) is 5.92 Å². The summed E-state index contributed by atoms with van der Waals surface area (Å²) in [5.41, 5.74) is 4.44. The maximum absolute atomic E-state index is 12.4. The molecule has 2 atom stereocenters. The SMILES string of the molecule is O=C1NC[C@H](c2ccccc2)[C@@H]1C(=O)N/N=C/C=C/c1ccc(Br)cc1. The highest BCUT2D eigenvalue weighted by molar-refractivity contribution is 9.10. The second-order valence-electron chi connectivity index (χ2n) is 5.90. The first-order valence-corrected chi connectivity index (χ1v) is 9.02. The van der Waals surface area contributed by atoms with Gasteiger partial charge in [-0.25, -0.2) is 5.43 Å². The van der Waals surface area contributed by atoms with Gasteiger partial charge in [0.15, 0.2) is 0 Å². The van der Waals surface area contributed by atoms with E-state index in [0.717, 1.165) is 15.6 Å². The number of allylic oxidation sites excluding steroid dienone is 1. The van der Waals surface area contributed by atoms with Gasteiger partial charge in [0.05, 0.1) is 0 Å². The van der Waals surface area contributed by atoms with Crippen molar-refractivity contribution < 1.29 is 9.59 Å². The van der Waals surface area contributed by atoms with Crippen LogP contribution in [0.2, 0.25) is 0 Å². The Balaban J connectivity index is 1.59. The number of hydrogen-bond donors (Lipinski definition) is 2. The highest BCUT2D eigenvalue weighted by Gasteiger charge is 2.40. The molecular weight excluding hydrogens is 394 g/mol. The summed E-state index contributed by atoms with van der Waals surface area (Å²) in [6, 6.07) is 17.4. The lowest BCUT2D eigenvalue weighted by Crippen LogP contribution is -2.34. The third kappa shape index (κ3) is 4.46. The molecule has 2 aromatic rings. The van der Waals surface area contributed by atoms with Crippen LogP contribution in [-0.4, -0.2) is 24.6 Å². The third-order valence-corrected chi connectivity index (χ3v) is 4.71. The van der Waals surface area contributed by atoms with Crippen LogP contribution in [-0.2, 0) is 9.59 Å². The number of amides is 2. The zero-order chi connectivity index (χ0) is 18.4.